The number of methoxy groups -OCH3 is 1. The summed E-state index contributed by atoms with van der Waals surface area (Å²) >= 11 is 6.05. The second-order valence-corrected chi connectivity index (χ2v) is 3.64. The Morgan fingerprint density at radius 1 is 1.57 bits per heavy atom. The Morgan fingerprint density at radius 3 is 3.07 bits per heavy atom. The molecule has 0 bridgehead atoms. The van der Waals surface area contributed by atoms with E-state index in [0.717, 1.165) is 12.0 Å². The molecule has 1 unspecified atom stereocenters. The SMILES string of the molecule is COc1ccc(Cl)c2c1OCCC2N. The molecular formula is C10H12ClNO2. The first-order chi connectivity index (χ1) is 6.74. The maximum atomic E-state index is 6.05. The van der Waals surface area contributed by atoms with Crippen LogP contribution in [0.15, 0.2) is 12.1 Å². The molecule has 1 heterocycles. The highest BCUT2D eigenvalue weighted by atomic mass is 35.5. The van der Waals surface area contributed by atoms with E-state index in [-0.39, 0.29) is 6.04 Å². The van der Waals surface area contributed by atoms with Crippen LogP contribution in [0.4, 0.5) is 0 Å². The molecule has 0 saturated heterocycles. The van der Waals surface area contributed by atoms with E-state index in [0.29, 0.717) is 23.1 Å². The lowest BCUT2D eigenvalue weighted by atomic mass is 10.0. The van der Waals surface area contributed by atoms with Crippen LogP contribution in [0.2, 0.25) is 5.02 Å². The predicted molar refractivity (Wildman–Crippen MR) is 55.0 cm³/mol. The summed E-state index contributed by atoms with van der Waals surface area (Å²) in [5.41, 5.74) is 6.81. The third-order valence-electron chi connectivity index (χ3n) is 2.37. The molecule has 14 heavy (non-hydrogen) atoms. The monoisotopic (exact) mass is 213 g/mol. The first kappa shape index (κ1) is 9.62. The highest BCUT2D eigenvalue weighted by molar-refractivity contribution is 6.31. The lowest BCUT2D eigenvalue weighted by molar-refractivity contribution is 0.253. The maximum absolute atomic E-state index is 6.05. The van der Waals surface area contributed by atoms with Crippen LogP contribution in [0.3, 0.4) is 0 Å². The van der Waals surface area contributed by atoms with Gasteiger partial charge >= 0.3 is 0 Å². The first-order valence-electron chi connectivity index (χ1n) is 4.49. The average Bonchev–Trinajstić information content (AvgIpc) is 2.18. The summed E-state index contributed by atoms with van der Waals surface area (Å²) in [6.45, 7) is 0.616. The van der Waals surface area contributed by atoms with Crippen LogP contribution < -0.4 is 15.2 Å². The van der Waals surface area contributed by atoms with Gasteiger partial charge in [0.2, 0.25) is 0 Å². The van der Waals surface area contributed by atoms with Gasteiger partial charge in [-0.2, -0.15) is 0 Å². The van der Waals surface area contributed by atoms with Crippen molar-refractivity contribution in [3.05, 3.63) is 22.7 Å². The summed E-state index contributed by atoms with van der Waals surface area (Å²) < 4.78 is 10.7. The molecule has 2 rings (SSSR count). The van der Waals surface area contributed by atoms with Crippen LogP contribution in [-0.4, -0.2) is 13.7 Å². The van der Waals surface area contributed by atoms with Gasteiger partial charge in [0.25, 0.3) is 0 Å². The van der Waals surface area contributed by atoms with E-state index in [1.807, 2.05) is 0 Å². The summed E-state index contributed by atoms with van der Waals surface area (Å²) in [4.78, 5) is 0. The number of hydrogen-bond donors (Lipinski definition) is 1. The lowest BCUT2D eigenvalue weighted by Crippen LogP contribution is -2.21. The highest BCUT2D eigenvalue weighted by Gasteiger charge is 2.24. The van der Waals surface area contributed by atoms with Crippen LogP contribution in [-0.2, 0) is 0 Å². The molecule has 1 atom stereocenters. The number of rotatable bonds is 1. The molecule has 0 spiro atoms. The average molecular weight is 214 g/mol. The Labute approximate surface area is 87.8 Å². The molecule has 4 heteroatoms. The summed E-state index contributed by atoms with van der Waals surface area (Å²) in [6, 6.07) is 3.52. The van der Waals surface area contributed by atoms with Crippen molar-refractivity contribution in [3.8, 4) is 11.5 Å². The third kappa shape index (κ3) is 1.42. The van der Waals surface area contributed by atoms with Crippen LogP contribution in [0.25, 0.3) is 0 Å². The smallest absolute Gasteiger partial charge is 0.167 e. The van der Waals surface area contributed by atoms with Gasteiger partial charge in [0.15, 0.2) is 11.5 Å². The van der Waals surface area contributed by atoms with Gasteiger partial charge in [-0.3, -0.25) is 0 Å². The molecule has 2 N–H and O–H groups in total. The molecule has 0 fully saturated rings. The summed E-state index contributed by atoms with van der Waals surface area (Å²) in [5, 5.41) is 0.646. The zero-order valence-electron chi connectivity index (χ0n) is 7.92. The van der Waals surface area contributed by atoms with Crippen molar-refractivity contribution in [2.75, 3.05) is 13.7 Å². The van der Waals surface area contributed by atoms with Crippen molar-refractivity contribution >= 4 is 11.6 Å². The minimum absolute atomic E-state index is 0.0543. The minimum atomic E-state index is -0.0543. The molecule has 0 saturated carbocycles. The summed E-state index contributed by atoms with van der Waals surface area (Å²) in [6.07, 6.45) is 0.792. The predicted octanol–water partition coefficient (Wildman–Crippen LogP) is 2.13. The van der Waals surface area contributed by atoms with E-state index in [1.165, 1.54) is 0 Å². The second kappa shape index (κ2) is 3.67. The van der Waals surface area contributed by atoms with Crippen molar-refractivity contribution in [2.45, 2.75) is 12.5 Å². The number of ether oxygens (including phenoxy) is 2. The Hall–Kier alpha value is -0.930. The molecule has 1 aliphatic rings. The second-order valence-electron chi connectivity index (χ2n) is 3.24. The standard InChI is InChI=1S/C10H12ClNO2/c1-13-8-3-2-6(11)9-7(12)4-5-14-10(8)9/h2-3,7H,4-5,12H2,1H3. The Bertz CT molecular complexity index is 354. The minimum Gasteiger partial charge on any atom is -0.493 e. The van der Waals surface area contributed by atoms with Gasteiger partial charge < -0.3 is 15.2 Å². The number of halogens is 1. The molecule has 0 aromatic heterocycles. The number of fused-ring (bicyclic) bond motifs is 1. The van der Waals surface area contributed by atoms with E-state index < -0.39 is 0 Å². The van der Waals surface area contributed by atoms with E-state index in [2.05, 4.69) is 0 Å². The third-order valence-corrected chi connectivity index (χ3v) is 2.70. The Kier molecular flexibility index (Phi) is 2.52. The Balaban J connectivity index is 2.57. The number of hydrogen-bond acceptors (Lipinski definition) is 3. The highest BCUT2D eigenvalue weighted by Crippen LogP contribution is 2.42. The topological polar surface area (TPSA) is 44.5 Å². The largest absolute Gasteiger partial charge is 0.493 e. The van der Waals surface area contributed by atoms with Gasteiger partial charge in [-0.1, -0.05) is 11.6 Å². The fraction of sp³-hybridized carbons (Fsp3) is 0.400. The van der Waals surface area contributed by atoms with Crippen molar-refractivity contribution in [1.82, 2.24) is 0 Å². The van der Waals surface area contributed by atoms with Gasteiger partial charge in [-0.25, -0.2) is 0 Å². The summed E-state index contributed by atoms with van der Waals surface area (Å²) in [5.74, 6) is 1.39. The van der Waals surface area contributed by atoms with Gasteiger partial charge in [0.05, 0.1) is 13.7 Å². The van der Waals surface area contributed by atoms with Crippen molar-refractivity contribution in [2.24, 2.45) is 5.73 Å². The fourth-order valence-electron chi connectivity index (χ4n) is 1.64. The molecule has 3 nitrogen and oxygen atoms in total. The van der Waals surface area contributed by atoms with E-state index in [4.69, 9.17) is 26.8 Å². The van der Waals surface area contributed by atoms with Crippen LogP contribution >= 0.6 is 11.6 Å². The molecule has 0 amide bonds. The first-order valence-corrected chi connectivity index (χ1v) is 4.86. The summed E-state index contributed by atoms with van der Waals surface area (Å²) in [7, 11) is 1.60. The molecule has 1 aromatic carbocycles. The molecule has 1 aromatic rings. The van der Waals surface area contributed by atoms with Gasteiger partial charge in [-0.15, -0.1) is 0 Å². The number of nitrogens with two attached hydrogens (primary N) is 1. The number of benzene rings is 1. The lowest BCUT2D eigenvalue weighted by Gasteiger charge is -2.25. The molecule has 0 aliphatic carbocycles. The van der Waals surface area contributed by atoms with Gasteiger partial charge in [0, 0.05) is 23.0 Å². The van der Waals surface area contributed by atoms with Crippen molar-refractivity contribution < 1.29 is 9.47 Å². The normalized spacial score (nSPS) is 19.8. The van der Waals surface area contributed by atoms with E-state index >= 15 is 0 Å². The van der Waals surface area contributed by atoms with Crippen LogP contribution in [0, 0.1) is 0 Å². The van der Waals surface area contributed by atoms with Gasteiger partial charge in [0.1, 0.15) is 0 Å². The van der Waals surface area contributed by atoms with E-state index in [1.54, 1.807) is 19.2 Å². The molecular weight excluding hydrogens is 202 g/mol. The zero-order chi connectivity index (χ0) is 10.1. The molecule has 1 aliphatic heterocycles. The Morgan fingerprint density at radius 2 is 2.36 bits per heavy atom. The van der Waals surface area contributed by atoms with Crippen molar-refractivity contribution in [3.63, 3.8) is 0 Å². The molecule has 76 valence electrons. The zero-order valence-corrected chi connectivity index (χ0v) is 8.67. The fourth-order valence-corrected chi connectivity index (χ4v) is 1.93. The quantitative estimate of drug-likeness (QED) is 0.777. The maximum Gasteiger partial charge on any atom is 0.167 e. The van der Waals surface area contributed by atoms with E-state index in [9.17, 15) is 0 Å². The van der Waals surface area contributed by atoms with Crippen LogP contribution in [0.1, 0.15) is 18.0 Å². The molecule has 0 radical (unpaired) electrons. The van der Waals surface area contributed by atoms with Crippen molar-refractivity contribution in [1.29, 1.82) is 0 Å². The van der Waals surface area contributed by atoms with Gasteiger partial charge in [-0.05, 0) is 12.1 Å². The van der Waals surface area contributed by atoms with Crippen LogP contribution in [0.5, 0.6) is 11.5 Å².